The van der Waals surface area contributed by atoms with E-state index in [1.165, 1.54) is 57.0 Å². The first-order valence-corrected chi connectivity index (χ1v) is 18.2. The summed E-state index contributed by atoms with van der Waals surface area (Å²) >= 11 is 3.66. The average Bonchev–Trinajstić information content (AvgIpc) is 3.69. The Kier molecular flexibility index (Phi) is 8.27. The molecule has 0 unspecified atom stereocenters. The lowest BCUT2D eigenvalue weighted by Crippen LogP contribution is -2.22. The highest BCUT2D eigenvalue weighted by Gasteiger charge is 2.17. The molecule has 0 saturated carbocycles. The number of fused-ring (bicyclic) bond motifs is 6. The Morgan fingerprint density at radius 1 is 0.625 bits per heavy atom. The molecule has 1 amide bonds. The number of anilines is 2. The summed E-state index contributed by atoms with van der Waals surface area (Å²) in [6.45, 7) is 5.26. The van der Waals surface area contributed by atoms with E-state index in [9.17, 15) is 4.79 Å². The first-order chi connectivity index (χ1) is 23.6. The van der Waals surface area contributed by atoms with Crippen LogP contribution in [-0.2, 0) is 16.1 Å². The zero-order valence-corrected chi connectivity index (χ0v) is 28.7. The normalized spacial score (nSPS) is 11.6. The number of thiophene rings is 2. The quantitative estimate of drug-likeness (QED) is 0.144. The second-order valence-corrected chi connectivity index (χ2v) is 14.4. The molecule has 236 valence electrons. The number of benzene rings is 6. The zero-order chi connectivity index (χ0) is 32.6. The van der Waals surface area contributed by atoms with Crippen LogP contribution in [0.5, 0.6) is 0 Å². The zero-order valence-electron chi connectivity index (χ0n) is 27.0. The fourth-order valence-electron chi connectivity index (χ4n) is 6.67. The average molecular weight is 662 g/mol. The van der Waals surface area contributed by atoms with E-state index in [0.29, 0.717) is 6.61 Å². The van der Waals surface area contributed by atoms with Crippen molar-refractivity contribution < 1.29 is 9.53 Å². The standard InChI is InChI=1S/C43H35NO2S2/c1-3-4-25-46-27-29-15-24-41-39(26-29)38-13-8-11-35(43(38)48-41)31-18-22-33(23-19-31)44(28(2)45)32-20-16-30(17-21-32)34-10-7-12-37-36-9-5-6-14-40(36)47-42(34)37/h5-24,26H,3-4,25,27H2,1-2H3. The fraction of sp³-hybridized carbons (Fsp3) is 0.140. The van der Waals surface area contributed by atoms with Crippen molar-refractivity contribution in [3.63, 3.8) is 0 Å². The molecule has 8 rings (SSSR count). The number of unbranched alkanes of at least 4 members (excludes halogenated alkanes) is 1. The molecular formula is C43H35NO2S2. The van der Waals surface area contributed by atoms with Crippen LogP contribution < -0.4 is 4.90 Å². The second-order valence-electron chi connectivity index (χ2n) is 12.2. The van der Waals surface area contributed by atoms with Crippen LogP contribution in [0.15, 0.2) is 127 Å². The predicted octanol–water partition coefficient (Wildman–Crippen LogP) is 12.8. The maximum atomic E-state index is 13.0. The lowest BCUT2D eigenvalue weighted by Gasteiger charge is -2.22. The van der Waals surface area contributed by atoms with Gasteiger partial charge >= 0.3 is 0 Å². The van der Waals surface area contributed by atoms with Crippen LogP contribution in [0, 0.1) is 0 Å². The van der Waals surface area contributed by atoms with Gasteiger partial charge in [-0.05, 0) is 76.7 Å². The van der Waals surface area contributed by atoms with Crippen molar-refractivity contribution in [2.45, 2.75) is 33.3 Å². The number of hydrogen-bond acceptors (Lipinski definition) is 4. The van der Waals surface area contributed by atoms with E-state index in [1.807, 2.05) is 22.7 Å². The van der Waals surface area contributed by atoms with Gasteiger partial charge in [-0.15, -0.1) is 22.7 Å². The van der Waals surface area contributed by atoms with Crippen LogP contribution >= 0.6 is 22.7 Å². The first kappa shape index (κ1) is 30.5. The maximum absolute atomic E-state index is 13.0. The Morgan fingerprint density at radius 2 is 1.19 bits per heavy atom. The summed E-state index contributed by atoms with van der Waals surface area (Å²) in [5, 5.41) is 5.12. The summed E-state index contributed by atoms with van der Waals surface area (Å²) in [5.74, 6) is -0.0248. The van der Waals surface area contributed by atoms with Gasteiger partial charge in [0.05, 0.1) is 6.61 Å². The summed E-state index contributed by atoms with van der Waals surface area (Å²) < 4.78 is 11.0. The van der Waals surface area contributed by atoms with E-state index in [0.717, 1.165) is 42.0 Å². The van der Waals surface area contributed by atoms with Crippen molar-refractivity contribution in [2.75, 3.05) is 11.5 Å². The number of rotatable bonds is 9. The van der Waals surface area contributed by atoms with Crippen molar-refractivity contribution in [2.24, 2.45) is 0 Å². The molecule has 6 aromatic carbocycles. The predicted molar refractivity (Wildman–Crippen MR) is 207 cm³/mol. The molecule has 0 atom stereocenters. The fourth-order valence-corrected chi connectivity index (χ4v) is 9.12. The lowest BCUT2D eigenvalue weighted by atomic mass is 10.0. The van der Waals surface area contributed by atoms with Gasteiger partial charge in [0.1, 0.15) is 0 Å². The molecule has 8 aromatic rings. The Balaban J connectivity index is 1.08. The van der Waals surface area contributed by atoms with E-state index in [1.54, 1.807) is 11.8 Å². The highest BCUT2D eigenvalue weighted by molar-refractivity contribution is 7.26. The van der Waals surface area contributed by atoms with Gasteiger partial charge < -0.3 is 4.74 Å². The molecule has 0 aliphatic heterocycles. The third kappa shape index (κ3) is 5.58. The SMILES string of the molecule is CCCCOCc1ccc2sc3c(-c4ccc(N(C(C)=O)c5ccc(-c6cccc7c6sc6ccccc67)cc5)cc4)cccc3c2c1. The molecule has 0 aliphatic carbocycles. The van der Waals surface area contributed by atoms with Crippen molar-refractivity contribution in [3.05, 3.63) is 133 Å². The van der Waals surface area contributed by atoms with Crippen molar-refractivity contribution in [1.82, 2.24) is 0 Å². The summed E-state index contributed by atoms with van der Waals surface area (Å²) in [7, 11) is 0. The first-order valence-electron chi connectivity index (χ1n) is 16.5. The highest BCUT2D eigenvalue weighted by Crippen LogP contribution is 2.42. The van der Waals surface area contributed by atoms with Gasteiger partial charge in [-0.25, -0.2) is 0 Å². The van der Waals surface area contributed by atoms with E-state index in [-0.39, 0.29) is 5.91 Å². The smallest absolute Gasteiger partial charge is 0.228 e. The number of carbonyl (C=O) groups is 1. The Labute approximate surface area is 288 Å². The second kappa shape index (κ2) is 13.0. The van der Waals surface area contributed by atoms with E-state index < -0.39 is 0 Å². The number of amides is 1. The monoisotopic (exact) mass is 661 g/mol. The van der Waals surface area contributed by atoms with Crippen molar-refractivity contribution in [1.29, 1.82) is 0 Å². The van der Waals surface area contributed by atoms with Gasteiger partial charge in [-0.2, -0.15) is 0 Å². The molecule has 0 radical (unpaired) electrons. The molecule has 0 N–H and O–H groups in total. The molecule has 48 heavy (non-hydrogen) atoms. The maximum Gasteiger partial charge on any atom is 0.228 e. The van der Waals surface area contributed by atoms with Crippen LogP contribution in [0.3, 0.4) is 0 Å². The molecule has 0 bridgehead atoms. The molecule has 0 spiro atoms. The summed E-state index contributed by atoms with van der Waals surface area (Å²) in [6, 6.07) is 45.1. The Morgan fingerprint density at radius 3 is 1.79 bits per heavy atom. The minimum Gasteiger partial charge on any atom is -0.377 e. The molecule has 3 nitrogen and oxygen atoms in total. The van der Waals surface area contributed by atoms with Crippen LogP contribution in [0.1, 0.15) is 32.3 Å². The largest absolute Gasteiger partial charge is 0.377 e. The lowest BCUT2D eigenvalue weighted by molar-refractivity contribution is -0.115. The third-order valence-electron chi connectivity index (χ3n) is 9.06. The molecule has 2 heterocycles. The minimum absolute atomic E-state index is 0.0248. The Hall–Kier alpha value is -4.81. The van der Waals surface area contributed by atoms with Crippen LogP contribution in [0.2, 0.25) is 0 Å². The molecule has 2 aromatic heterocycles. The van der Waals surface area contributed by atoms with Crippen LogP contribution in [0.25, 0.3) is 62.6 Å². The number of hydrogen-bond donors (Lipinski definition) is 0. The van der Waals surface area contributed by atoms with Gasteiger partial charge in [0.2, 0.25) is 5.91 Å². The number of ether oxygens (including phenoxy) is 1. The molecule has 0 saturated heterocycles. The molecular weight excluding hydrogens is 627 g/mol. The summed E-state index contributed by atoms with van der Waals surface area (Å²) in [4.78, 5) is 14.8. The van der Waals surface area contributed by atoms with Gasteiger partial charge in [0, 0.05) is 65.2 Å². The topological polar surface area (TPSA) is 29.5 Å². The minimum atomic E-state index is -0.0248. The van der Waals surface area contributed by atoms with E-state index >= 15 is 0 Å². The highest BCUT2D eigenvalue weighted by atomic mass is 32.1. The van der Waals surface area contributed by atoms with E-state index in [2.05, 4.69) is 134 Å². The number of nitrogens with zero attached hydrogens (tertiary/aromatic N) is 1. The van der Waals surface area contributed by atoms with Gasteiger partial charge in [-0.1, -0.05) is 98.3 Å². The van der Waals surface area contributed by atoms with Gasteiger partial charge in [-0.3, -0.25) is 9.69 Å². The van der Waals surface area contributed by atoms with Crippen molar-refractivity contribution in [3.8, 4) is 22.3 Å². The molecule has 0 fully saturated rings. The molecule has 5 heteroatoms. The van der Waals surface area contributed by atoms with Crippen LogP contribution in [-0.4, -0.2) is 12.5 Å². The van der Waals surface area contributed by atoms with Crippen molar-refractivity contribution >= 4 is 80.3 Å². The summed E-state index contributed by atoms with van der Waals surface area (Å²) in [6.07, 6.45) is 2.23. The summed E-state index contributed by atoms with van der Waals surface area (Å²) in [5.41, 5.74) is 7.60. The van der Waals surface area contributed by atoms with Gasteiger partial charge in [0.15, 0.2) is 0 Å². The Bertz CT molecular complexity index is 2420. The van der Waals surface area contributed by atoms with E-state index in [4.69, 9.17) is 4.74 Å². The van der Waals surface area contributed by atoms with Gasteiger partial charge in [0.25, 0.3) is 0 Å². The number of carbonyl (C=O) groups excluding carboxylic acids is 1. The third-order valence-corrected chi connectivity index (χ3v) is 11.5. The van der Waals surface area contributed by atoms with Crippen LogP contribution in [0.4, 0.5) is 11.4 Å². The molecule has 0 aliphatic rings.